The molecule has 2 heterocycles. The predicted molar refractivity (Wildman–Crippen MR) is 151 cm³/mol. The largest absolute Gasteiger partial charge is 0.385 e. The second-order valence-corrected chi connectivity index (χ2v) is 10.8. The number of nitrogens with zero attached hydrogens (tertiary/aromatic N) is 2. The van der Waals surface area contributed by atoms with Crippen LogP contribution in [0.25, 0.3) is 22.2 Å². The van der Waals surface area contributed by atoms with Crippen molar-refractivity contribution in [3.05, 3.63) is 124 Å². The van der Waals surface area contributed by atoms with Crippen molar-refractivity contribution < 1.29 is 13.9 Å². The van der Waals surface area contributed by atoms with Crippen LogP contribution in [0.15, 0.2) is 89.6 Å². The van der Waals surface area contributed by atoms with Crippen molar-refractivity contribution in [2.24, 2.45) is 0 Å². The number of aromatic nitrogens is 1. The molecule has 1 N–H and O–H groups in total. The Bertz CT molecular complexity index is 1520. The van der Waals surface area contributed by atoms with Gasteiger partial charge in [-0.05, 0) is 78.8 Å². The molecular formula is C32H30F2N2OS. The number of para-hydroxylation sites is 1. The van der Waals surface area contributed by atoms with Gasteiger partial charge in [-0.3, -0.25) is 0 Å². The molecule has 1 atom stereocenters. The number of benzene rings is 3. The summed E-state index contributed by atoms with van der Waals surface area (Å²) >= 11 is 1.61. The van der Waals surface area contributed by atoms with E-state index in [2.05, 4.69) is 23.6 Å². The van der Waals surface area contributed by atoms with E-state index in [9.17, 15) is 13.9 Å². The van der Waals surface area contributed by atoms with Crippen molar-refractivity contribution in [1.29, 1.82) is 0 Å². The third-order valence-electron chi connectivity index (χ3n) is 6.97. The first kappa shape index (κ1) is 26.2. The van der Waals surface area contributed by atoms with Crippen LogP contribution in [0.4, 0.5) is 8.78 Å². The fourth-order valence-electron chi connectivity index (χ4n) is 5.01. The van der Waals surface area contributed by atoms with Crippen molar-refractivity contribution in [2.75, 3.05) is 20.6 Å². The Morgan fingerprint density at radius 3 is 2.29 bits per heavy atom. The van der Waals surface area contributed by atoms with Crippen molar-refractivity contribution in [1.82, 2.24) is 9.88 Å². The molecule has 3 nitrogen and oxygen atoms in total. The van der Waals surface area contributed by atoms with Crippen LogP contribution < -0.4 is 0 Å². The van der Waals surface area contributed by atoms with Crippen LogP contribution in [0, 0.1) is 11.6 Å². The van der Waals surface area contributed by atoms with E-state index in [1.54, 1.807) is 11.3 Å². The zero-order chi connectivity index (χ0) is 26.7. The van der Waals surface area contributed by atoms with Crippen molar-refractivity contribution >= 4 is 22.2 Å². The van der Waals surface area contributed by atoms with E-state index in [0.717, 1.165) is 44.9 Å². The van der Waals surface area contributed by atoms with Gasteiger partial charge in [-0.15, -0.1) is 0 Å². The maximum absolute atomic E-state index is 14.4. The molecule has 3 aromatic carbocycles. The molecule has 0 saturated heterocycles. The minimum absolute atomic E-state index is 0.187. The lowest BCUT2D eigenvalue weighted by Crippen LogP contribution is -2.33. The molecule has 1 unspecified atom stereocenters. The molecule has 6 heteroatoms. The Labute approximate surface area is 226 Å². The van der Waals surface area contributed by atoms with Gasteiger partial charge < -0.3 is 10.0 Å². The number of thiophene rings is 1. The zero-order valence-corrected chi connectivity index (χ0v) is 22.3. The van der Waals surface area contributed by atoms with Crippen LogP contribution >= 0.6 is 11.3 Å². The monoisotopic (exact) mass is 528 g/mol. The topological polar surface area (TPSA) is 36.4 Å². The second kappa shape index (κ2) is 11.1. The number of rotatable bonds is 9. The number of hydrogen-bond acceptors (Lipinski definition) is 4. The van der Waals surface area contributed by atoms with Crippen LogP contribution in [-0.4, -0.2) is 35.6 Å². The zero-order valence-electron chi connectivity index (χ0n) is 21.5. The van der Waals surface area contributed by atoms with Crippen molar-refractivity contribution in [2.45, 2.75) is 24.9 Å². The van der Waals surface area contributed by atoms with Gasteiger partial charge >= 0.3 is 0 Å². The van der Waals surface area contributed by atoms with Crippen LogP contribution in [0.1, 0.15) is 28.7 Å². The number of hydrogen-bond donors (Lipinski definition) is 1. The lowest BCUT2D eigenvalue weighted by Gasteiger charge is -2.32. The summed E-state index contributed by atoms with van der Waals surface area (Å²) < 4.78 is 28.8. The smallest absolute Gasteiger partial charge is 0.126 e. The minimum Gasteiger partial charge on any atom is -0.385 e. The molecule has 0 aliphatic heterocycles. The first-order valence-corrected chi connectivity index (χ1v) is 13.6. The molecule has 5 aromatic rings. The third-order valence-corrected chi connectivity index (χ3v) is 7.65. The Kier molecular flexibility index (Phi) is 7.65. The van der Waals surface area contributed by atoms with E-state index in [-0.39, 0.29) is 12.0 Å². The summed E-state index contributed by atoms with van der Waals surface area (Å²) in [5.41, 5.74) is 4.50. The van der Waals surface area contributed by atoms with Gasteiger partial charge in [0, 0.05) is 35.4 Å². The summed E-state index contributed by atoms with van der Waals surface area (Å²) in [5, 5.41) is 17.3. The molecule has 38 heavy (non-hydrogen) atoms. The molecule has 0 aliphatic rings. The molecule has 0 spiro atoms. The highest BCUT2D eigenvalue weighted by atomic mass is 32.1. The molecule has 0 amide bonds. The number of aliphatic hydroxyl groups is 1. The van der Waals surface area contributed by atoms with E-state index in [0.29, 0.717) is 19.4 Å². The van der Waals surface area contributed by atoms with Gasteiger partial charge in [0.25, 0.3) is 0 Å². The average molecular weight is 529 g/mol. The van der Waals surface area contributed by atoms with Crippen LogP contribution in [0.3, 0.4) is 0 Å². The van der Waals surface area contributed by atoms with Gasteiger partial charge in [0.05, 0.1) is 16.8 Å². The number of halogens is 2. The highest BCUT2D eigenvalue weighted by molar-refractivity contribution is 7.08. The maximum Gasteiger partial charge on any atom is 0.126 e. The molecule has 0 saturated carbocycles. The summed E-state index contributed by atoms with van der Waals surface area (Å²) in [6, 6.07) is 23.5. The van der Waals surface area contributed by atoms with E-state index in [4.69, 9.17) is 4.98 Å². The van der Waals surface area contributed by atoms with Crippen molar-refractivity contribution in [3.63, 3.8) is 0 Å². The Morgan fingerprint density at radius 2 is 1.61 bits per heavy atom. The van der Waals surface area contributed by atoms with Gasteiger partial charge in [-0.2, -0.15) is 11.3 Å². The first-order valence-electron chi connectivity index (χ1n) is 12.6. The van der Waals surface area contributed by atoms with E-state index in [1.165, 1.54) is 12.1 Å². The van der Waals surface area contributed by atoms with E-state index >= 15 is 0 Å². The summed E-state index contributed by atoms with van der Waals surface area (Å²) in [4.78, 5) is 7.04. The van der Waals surface area contributed by atoms with Gasteiger partial charge in [-0.1, -0.05) is 48.5 Å². The average Bonchev–Trinajstić information content (AvgIpc) is 3.44. The summed E-state index contributed by atoms with van der Waals surface area (Å²) in [7, 11) is 3.84. The van der Waals surface area contributed by atoms with Crippen LogP contribution in [0.5, 0.6) is 0 Å². The van der Waals surface area contributed by atoms with Crippen LogP contribution in [0.2, 0.25) is 0 Å². The molecular weight excluding hydrogens is 498 g/mol. The molecule has 5 rings (SSSR count). The molecule has 0 aliphatic carbocycles. The molecule has 194 valence electrons. The lowest BCUT2D eigenvalue weighted by molar-refractivity contribution is 0.0208. The third kappa shape index (κ3) is 5.68. The van der Waals surface area contributed by atoms with Gasteiger partial charge in [0.15, 0.2) is 0 Å². The molecule has 0 fully saturated rings. The maximum atomic E-state index is 14.4. The Morgan fingerprint density at radius 1 is 0.895 bits per heavy atom. The summed E-state index contributed by atoms with van der Waals surface area (Å²) in [5.74, 6) is -1.40. The number of fused-ring (bicyclic) bond motifs is 1. The minimum atomic E-state index is -1.51. The Hall–Kier alpha value is -3.45. The summed E-state index contributed by atoms with van der Waals surface area (Å²) in [6.07, 6.45) is 1.10. The van der Waals surface area contributed by atoms with Gasteiger partial charge in [0.2, 0.25) is 0 Å². The van der Waals surface area contributed by atoms with E-state index < -0.39 is 17.2 Å². The standard InChI is InChI=1S/C32H30F2N2OS/c1-36(2)14-13-32(37,24-17-25(33)19-26(34)18-24)20-29-27-10-6-7-11-30(27)35-31(23-12-15-38-21-23)28(29)16-22-8-4-3-5-9-22/h3-12,15,17-19,21,37H,13-14,16,20H2,1-2H3. The SMILES string of the molecule is CN(C)CCC(O)(Cc1c(Cc2ccccc2)c(-c2ccsc2)nc2ccccc12)c1cc(F)cc(F)c1. The predicted octanol–water partition coefficient (Wildman–Crippen LogP) is 7.21. The first-order chi connectivity index (χ1) is 18.3. The Balaban J connectivity index is 1.75. The van der Waals surface area contributed by atoms with Crippen LogP contribution in [-0.2, 0) is 18.4 Å². The van der Waals surface area contributed by atoms with Crippen molar-refractivity contribution in [3.8, 4) is 11.3 Å². The quantitative estimate of drug-likeness (QED) is 0.220. The number of pyridine rings is 1. The lowest BCUT2D eigenvalue weighted by atomic mass is 9.80. The fourth-order valence-corrected chi connectivity index (χ4v) is 5.65. The molecule has 0 bridgehead atoms. The van der Waals surface area contributed by atoms with Gasteiger partial charge in [0.1, 0.15) is 11.6 Å². The fraction of sp³-hybridized carbons (Fsp3) is 0.219. The normalized spacial score (nSPS) is 13.2. The highest BCUT2D eigenvalue weighted by Crippen LogP contribution is 2.38. The second-order valence-electron chi connectivity index (χ2n) is 10.0. The van der Waals surface area contributed by atoms with Gasteiger partial charge in [-0.25, -0.2) is 13.8 Å². The molecule has 0 radical (unpaired) electrons. The van der Waals surface area contributed by atoms with E-state index in [1.807, 2.05) is 66.8 Å². The highest BCUT2D eigenvalue weighted by Gasteiger charge is 2.33. The summed E-state index contributed by atoms with van der Waals surface area (Å²) in [6.45, 7) is 0.545. The molecule has 2 aromatic heterocycles.